The zero-order chi connectivity index (χ0) is 22.5. The highest BCUT2D eigenvalue weighted by molar-refractivity contribution is 9.10. The second-order valence-electron chi connectivity index (χ2n) is 8.72. The Morgan fingerprint density at radius 3 is 2.47 bits per heavy atom. The van der Waals surface area contributed by atoms with Crippen molar-refractivity contribution in [1.82, 2.24) is 9.36 Å². The zero-order valence-electron chi connectivity index (χ0n) is 18.5. The van der Waals surface area contributed by atoms with Crippen molar-refractivity contribution in [2.75, 3.05) is 18.0 Å². The average Bonchev–Trinajstić information content (AvgIpc) is 3.05. The number of aromatic nitrogens is 2. The van der Waals surface area contributed by atoms with Crippen molar-refractivity contribution in [2.45, 2.75) is 38.3 Å². The zero-order valence-corrected chi connectivity index (χ0v) is 20.0. The molecule has 0 spiro atoms. The van der Waals surface area contributed by atoms with Crippen LogP contribution in [0.4, 0.5) is 5.69 Å². The number of amidine groups is 1. The minimum Gasteiger partial charge on any atom is -0.346 e. The van der Waals surface area contributed by atoms with E-state index in [-0.39, 0.29) is 5.56 Å². The number of rotatable bonds is 3. The highest BCUT2D eigenvalue weighted by Crippen LogP contribution is 2.38. The molecule has 0 unspecified atom stereocenters. The van der Waals surface area contributed by atoms with E-state index in [0.717, 1.165) is 59.5 Å². The van der Waals surface area contributed by atoms with Gasteiger partial charge in [0.15, 0.2) is 6.54 Å². The first kappa shape index (κ1) is 21.2. The fraction of sp³-hybridized carbons (Fsp3) is 0.360. The summed E-state index contributed by atoms with van der Waals surface area (Å²) in [5, 5.41) is 12.2. The van der Waals surface area contributed by atoms with Crippen LogP contribution in [-0.4, -0.2) is 38.0 Å². The van der Waals surface area contributed by atoms with Crippen molar-refractivity contribution in [3.63, 3.8) is 0 Å². The third kappa shape index (κ3) is 3.26. The maximum absolute atomic E-state index is 13.9. The third-order valence-electron chi connectivity index (χ3n) is 6.79. The fourth-order valence-corrected chi connectivity index (χ4v) is 5.35. The summed E-state index contributed by atoms with van der Waals surface area (Å²) < 4.78 is 6.80. The number of anilines is 1. The van der Waals surface area contributed by atoms with E-state index in [4.69, 9.17) is 0 Å². The number of hydrogen-bond acceptors (Lipinski definition) is 3. The summed E-state index contributed by atoms with van der Waals surface area (Å²) in [7, 11) is 1.90. The molecule has 2 aliphatic heterocycles. The molecule has 166 valence electrons. The van der Waals surface area contributed by atoms with Gasteiger partial charge < -0.3 is 5.11 Å². The monoisotopic (exact) mass is 495 g/mol. The molecule has 0 aliphatic carbocycles. The van der Waals surface area contributed by atoms with E-state index in [1.807, 2.05) is 78.2 Å². The molecule has 7 heteroatoms. The number of benzene rings is 2. The summed E-state index contributed by atoms with van der Waals surface area (Å²) in [5.41, 5.74) is 1.53. The molecular formula is C25H28BrN4O2+. The Morgan fingerprint density at radius 1 is 1.03 bits per heavy atom. The summed E-state index contributed by atoms with van der Waals surface area (Å²) in [6.07, 6.45) is 4.15. The molecule has 5 rings (SSSR count). The van der Waals surface area contributed by atoms with Gasteiger partial charge in [0.05, 0.1) is 17.9 Å². The lowest BCUT2D eigenvalue weighted by atomic mass is 10.00. The van der Waals surface area contributed by atoms with Crippen LogP contribution >= 0.6 is 15.9 Å². The van der Waals surface area contributed by atoms with Crippen LogP contribution in [0.5, 0.6) is 0 Å². The van der Waals surface area contributed by atoms with Crippen molar-refractivity contribution in [3.8, 4) is 5.69 Å². The van der Waals surface area contributed by atoms with Crippen molar-refractivity contribution in [1.29, 1.82) is 0 Å². The van der Waals surface area contributed by atoms with Gasteiger partial charge in [-0.1, -0.05) is 46.3 Å². The Bertz CT molecular complexity index is 1240. The highest BCUT2D eigenvalue weighted by atomic mass is 79.9. The molecule has 3 heterocycles. The molecule has 32 heavy (non-hydrogen) atoms. The molecule has 6 nitrogen and oxygen atoms in total. The first-order valence-corrected chi connectivity index (χ1v) is 11.9. The van der Waals surface area contributed by atoms with Crippen LogP contribution in [0.1, 0.15) is 36.9 Å². The van der Waals surface area contributed by atoms with Crippen LogP contribution in [-0.2, 0) is 12.8 Å². The molecular weight excluding hydrogens is 468 g/mol. The van der Waals surface area contributed by atoms with Crippen LogP contribution in [0.15, 0.2) is 63.9 Å². The minimum atomic E-state index is -1.31. The van der Waals surface area contributed by atoms with Crippen LogP contribution in [0.3, 0.4) is 0 Å². The standard InChI is InChI=1S/C25H28BrN4O2/c1-18-23(24(31)30(27(18)2)21-9-5-3-6-10-21)29-22-11-7-4-8-16-28(22)17-25(29,32)19-12-14-20(26)15-13-19/h3,5-6,9-10,12-15,32H,4,7-8,11,16-17H2,1-2H3/q+1/t25-/m0/s1. The number of halogens is 1. The number of nitrogens with zero attached hydrogens (tertiary/aromatic N) is 4. The maximum Gasteiger partial charge on any atom is 0.318 e. The van der Waals surface area contributed by atoms with Gasteiger partial charge in [0.2, 0.25) is 5.69 Å². The van der Waals surface area contributed by atoms with Crippen molar-refractivity contribution < 1.29 is 9.68 Å². The van der Waals surface area contributed by atoms with Gasteiger partial charge in [0, 0.05) is 23.5 Å². The van der Waals surface area contributed by atoms with E-state index >= 15 is 0 Å². The van der Waals surface area contributed by atoms with E-state index in [2.05, 4.69) is 20.5 Å². The maximum atomic E-state index is 13.9. The van der Waals surface area contributed by atoms with Crippen LogP contribution in [0.25, 0.3) is 5.69 Å². The molecule has 0 fully saturated rings. The quantitative estimate of drug-likeness (QED) is 0.560. The fourth-order valence-electron chi connectivity index (χ4n) is 5.09. The highest BCUT2D eigenvalue weighted by Gasteiger charge is 2.56. The van der Waals surface area contributed by atoms with Crippen molar-refractivity contribution >= 4 is 27.5 Å². The van der Waals surface area contributed by atoms with Crippen LogP contribution in [0.2, 0.25) is 0 Å². The average molecular weight is 496 g/mol. The summed E-state index contributed by atoms with van der Waals surface area (Å²) in [6.45, 7) is 3.30. The predicted octanol–water partition coefficient (Wildman–Crippen LogP) is 3.90. The van der Waals surface area contributed by atoms with E-state index in [9.17, 15) is 9.90 Å². The Hall–Kier alpha value is -2.64. The van der Waals surface area contributed by atoms with Gasteiger partial charge in [-0.3, -0.25) is 14.1 Å². The summed E-state index contributed by atoms with van der Waals surface area (Å²) in [5.74, 6) is 1.04. The molecule has 1 N–H and O–H groups in total. The molecule has 0 bridgehead atoms. The molecule has 0 radical (unpaired) electrons. The Labute approximate surface area is 196 Å². The van der Waals surface area contributed by atoms with Crippen molar-refractivity contribution in [2.24, 2.45) is 7.05 Å². The van der Waals surface area contributed by atoms with E-state index in [0.29, 0.717) is 12.2 Å². The topological polar surface area (TPSA) is 53.4 Å². The Morgan fingerprint density at radius 2 is 1.75 bits per heavy atom. The van der Waals surface area contributed by atoms with Crippen LogP contribution < -0.4 is 10.5 Å². The van der Waals surface area contributed by atoms with Crippen LogP contribution in [0, 0.1) is 6.92 Å². The largest absolute Gasteiger partial charge is 0.346 e. The van der Waals surface area contributed by atoms with Gasteiger partial charge in [0.1, 0.15) is 0 Å². The molecule has 1 atom stereocenters. The second kappa shape index (κ2) is 8.05. The second-order valence-corrected chi connectivity index (χ2v) is 9.63. The van der Waals surface area contributed by atoms with Gasteiger partial charge >= 0.3 is 5.56 Å². The molecule has 0 saturated carbocycles. The van der Waals surface area contributed by atoms with Gasteiger partial charge in [-0.2, -0.15) is 4.90 Å². The molecule has 1 aromatic heterocycles. The lowest BCUT2D eigenvalue weighted by Gasteiger charge is -2.28. The predicted molar refractivity (Wildman–Crippen MR) is 130 cm³/mol. The van der Waals surface area contributed by atoms with Gasteiger partial charge in [-0.15, -0.1) is 0 Å². The first-order chi connectivity index (χ1) is 15.4. The summed E-state index contributed by atoms with van der Waals surface area (Å²) in [4.78, 5) is 15.8. The SMILES string of the molecule is Cc1c(N2C3=[N+](CCCCC3)C[C@]2(O)c2ccc(Br)cc2)c(=O)n(-c2ccccc2)n1C. The number of hydrogen-bond donors (Lipinski definition) is 1. The van der Waals surface area contributed by atoms with E-state index in [1.54, 1.807) is 4.68 Å². The lowest BCUT2D eigenvalue weighted by molar-refractivity contribution is -0.534. The lowest BCUT2D eigenvalue weighted by Crippen LogP contribution is -2.49. The molecule has 0 amide bonds. The van der Waals surface area contributed by atoms with Gasteiger partial charge in [-0.25, -0.2) is 4.68 Å². The minimum absolute atomic E-state index is 0.120. The van der Waals surface area contributed by atoms with Gasteiger partial charge in [-0.05, 0) is 50.5 Å². The van der Waals surface area contributed by atoms with E-state index < -0.39 is 5.72 Å². The first-order valence-electron chi connectivity index (χ1n) is 11.2. The molecule has 2 aliphatic rings. The molecule has 2 aromatic carbocycles. The molecule has 0 saturated heterocycles. The third-order valence-corrected chi connectivity index (χ3v) is 7.32. The number of para-hydroxylation sites is 1. The van der Waals surface area contributed by atoms with Gasteiger partial charge in [0.25, 0.3) is 11.6 Å². The number of aliphatic hydroxyl groups is 1. The Balaban J connectivity index is 1.74. The van der Waals surface area contributed by atoms with Crippen molar-refractivity contribution in [3.05, 3.63) is 80.7 Å². The summed E-state index contributed by atoms with van der Waals surface area (Å²) in [6, 6.07) is 17.4. The Kier molecular flexibility index (Phi) is 5.34. The normalized spacial score (nSPS) is 21.1. The smallest absolute Gasteiger partial charge is 0.318 e. The van der Waals surface area contributed by atoms with E-state index in [1.165, 1.54) is 0 Å². The summed E-state index contributed by atoms with van der Waals surface area (Å²) >= 11 is 3.50. The molecule has 3 aromatic rings.